The van der Waals surface area contributed by atoms with Crippen molar-refractivity contribution in [2.75, 3.05) is 0 Å². The van der Waals surface area contributed by atoms with Gasteiger partial charge in [-0.3, -0.25) is 4.79 Å². The van der Waals surface area contributed by atoms with Gasteiger partial charge in [0, 0.05) is 4.88 Å². The Morgan fingerprint density at radius 2 is 1.77 bits per heavy atom. The van der Waals surface area contributed by atoms with Crippen LogP contribution in [0.2, 0.25) is 0 Å². The summed E-state index contributed by atoms with van der Waals surface area (Å²) in [5.41, 5.74) is 2.08. The molecule has 162 valence electrons. The Balaban J connectivity index is 2.48. The molecule has 0 bridgehead atoms. The quantitative estimate of drug-likeness (QED) is 0.675. The lowest BCUT2D eigenvalue weighted by Gasteiger charge is -2.19. The first-order chi connectivity index (χ1) is 13.8. The molecule has 6 nitrogen and oxygen atoms in total. The minimum absolute atomic E-state index is 0.0371. The van der Waals surface area contributed by atoms with Crippen LogP contribution < -0.4 is 5.14 Å². The second-order valence-electron chi connectivity index (χ2n) is 8.46. The van der Waals surface area contributed by atoms with Gasteiger partial charge in [-0.05, 0) is 66.6 Å². The van der Waals surface area contributed by atoms with E-state index < -0.39 is 21.4 Å². The maximum atomic E-state index is 12.9. The van der Waals surface area contributed by atoms with Crippen LogP contribution in [0.4, 0.5) is 0 Å². The van der Waals surface area contributed by atoms with Crippen LogP contribution in [0.1, 0.15) is 80.5 Å². The first-order valence-corrected chi connectivity index (χ1v) is 12.1. The van der Waals surface area contributed by atoms with Gasteiger partial charge in [0.2, 0.25) is 0 Å². The molecule has 1 aromatic heterocycles. The summed E-state index contributed by atoms with van der Waals surface area (Å²) in [4.78, 5) is 13.4. The molecule has 0 spiro atoms. The monoisotopic (exact) mass is 447 g/mol. The number of carbonyl (C=O) groups excluding carboxylic acids is 1. The summed E-state index contributed by atoms with van der Waals surface area (Å²) in [7, 11) is -3.42. The first-order valence-electron chi connectivity index (χ1n) is 9.73. The highest BCUT2D eigenvalue weighted by atomic mass is 32.2. The molecule has 1 aromatic carbocycles. The Hall–Kier alpha value is -2.05. The average molecular weight is 448 g/mol. The fourth-order valence-electron chi connectivity index (χ4n) is 3.20. The van der Waals surface area contributed by atoms with Crippen LogP contribution in [-0.4, -0.2) is 15.2 Å². The summed E-state index contributed by atoms with van der Waals surface area (Å²) in [5, 5.41) is 25.4. The number of hydrogen-bond acceptors (Lipinski definition) is 5. The molecule has 0 aliphatic rings. The standard InChI is InChI=1S/C22H29N3O3S2/c1-13(2)16-9-15(12-23)10-17(14(3)4)18(16)11-20(26)25-30(24,28)21-8-7-19(29-21)22(5,6)27/h7-10,13-14,27H,11H2,1-6H3,(H2,24,25,26,28). The second kappa shape index (κ2) is 8.98. The molecule has 1 amide bonds. The zero-order valence-corrected chi connectivity index (χ0v) is 19.9. The molecule has 0 aliphatic heterocycles. The molecule has 3 N–H and O–H groups in total. The van der Waals surface area contributed by atoms with E-state index in [1.54, 1.807) is 32.0 Å². The van der Waals surface area contributed by atoms with E-state index in [2.05, 4.69) is 10.4 Å². The summed E-state index contributed by atoms with van der Waals surface area (Å²) < 4.78 is 17.0. The molecule has 0 saturated heterocycles. The van der Waals surface area contributed by atoms with E-state index in [4.69, 9.17) is 5.14 Å². The summed E-state index contributed by atoms with van der Waals surface area (Å²) in [6, 6.07) is 8.96. The van der Waals surface area contributed by atoms with Crippen molar-refractivity contribution >= 4 is 27.2 Å². The van der Waals surface area contributed by atoms with Crippen LogP contribution in [0.25, 0.3) is 0 Å². The van der Waals surface area contributed by atoms with Gasteiger partial charge in [-0.15, -0.1) is 15.7 Å². The van der Waals surface area contributed by atoms with Crippen molar-refractivity contribution in [3.05, 3.63) is 51.4 Å². The molecule has 2 aromatic rings. The van der Waals surface area contributed by atoms with Gasteiger partial charge < -0.3 is 5.11 Å². The van der Waals surface area contributed by atoms with Crippen molar-refractivity contribution in [2.24, 2.45) is 9.50 Å². The number of benzene rings is 1. The number of nitrogens with two attached hydrogens (primary N) is 1. The van der Waals surface area contributed by atoms with Crippen molar-refractivity contribution in [3.8, 4) is 6.07 Å². The van der Waals surface area contributed by atoms with E-state index >= 15 is 0 Å². The Kier molecular flexibility index (Phi) is 7.25. The van der Waals surface area contributed by atoms with Crippen LogP contribution in [0.5, 0.6) is 0 Å². The van der Waals surface area contributed by atoms with Crippen LogP contribution in [0.15, 0.2) is 32.8 Å². The van der Waals surface area contributed by atoms with Crippen molar-refractivity contribution in [1.82, 2.24) is 0 Å². The van der Waals surface area contributed by atoms with Gasteiger partial charge in [-0.2, -0.15) is 5.26 Å². The number of thiophene rings is 1. The highest BCUT2D eigenvalue weighted by Gasteiger charge is 2.23. The van der Waals surface area contributed by atoms with E-state index in [0.29, 0.717) is 10.4 Å². The number of rotatable bonds is 6. The van der Waals surface area contributed by atoms with Crippen molar-refractivity contribution in [3.63, 3.8) is 0 Å². The van der Waals surface area contributed by atoms with E-state index in [1.165, 1.54) is 6.07 Å². The molecule has 0 saturated carbocycles. The molecule has 0 aliphatic carbocycles. The van der Waals surface area contributed by atoms with Gasteiger partial charge >= 0.3 is 0 Å². The zero-order chi connectivity index (χ0) is 22.9. The van der Waals surface area contributed by atoms with E-state index in [1.807, 2.05) is 27.7 Å². The number of hydrogen-bond donors (Lipinski definition) is 2. The SMILES string of the molecule is CC(C)c1cc(C#N)cc(C(C)C)c1CC(=O)N=S(N)(=O)c1ccc(C(C)(C)O)s1. The lowest BCUT2D eigenvalue weighted by molar-refractivity contribution is -0.117. The van der Waals surface area contributed by atoms with Gasteiger partial charge in [0.25, 0.3) is 5.91 Å². The number of nitriles is 1. The van der Waals surface area contributed by atoms with E-state index in [-0.39, 0.29) is 22.5 Å². The Morgan fingerprint density at radius 1 is 1.23 bits per heavy atom. The predicted octanol–water partition coefficient (Wildman–Crippen LogP) is 4.56. The molecule has 2 rings (SSSR count). The van der Waals surface area contributed by atoms with Crippen LogP contribution in [0.3, 0.4) is 0 Å². The maximum Gasteiger partial charge on any atom is 0.259 e. The molecule has 0 radical (unpaired) electrons. The molecule has 1 unspecified atom stereocenters. The normalized spacial score (nSPS) is 13.9. The fraction of sp³-hybridized carbons (Fsp3) is 0.455. The van der Waals surface area contributed by atoms with Gasteiger partial charge in [0.05, 0.1) is 23.7 Å². The molecule has 0 fully saturated rings. The topological polar surface area (TPSA) is 117 Å². The predicted molar refractivity (Wildman–Crippen MR) is 121 cm³/mol. The molecule has 8 heteroatoms. The van der Waals surface area contributed by atoms with E-state index in [0.717, 1.165) is 28.0 Å². The number of amides is 1. The lowest BCUT2D eigenvalue weighted by atomic mass is 9.85. The van der Waals surface area contributed by atoms with Gasteiger partial charge in [-0.25, -0.2) is 9.35 Å². The fourth-order valence-corrected chi connectivity index (χ4v) is 5.52. The number of nitrogens with zero attached hydrogens (tertiary/aromatic N) is 2. The Labute approximate surface area is 183 Å². The smallest absolute Gasteiger partial charge is 0.259 e. The number of aliphatic hydroxyl groups is 1. The Bertz CT molecular complexity index is 1080. The third-order valence-electron chi connectivity index (χ3n) is 4.73. The minimum atomic E-state index is -3.42. The van der Waals surface area contributed by atoms with Crippen molar-refractivity contribution < 1.29 is 14.1 Å². The molecular formula is C22H29N3O3S2. The third kappa shape index (κ3) is 5.55. The average Bonchev–Trinajstić information content (AvgIpc) is 3.12. The summed E-state index contributed by atoms with van der Waals surface area (Å²) in [5.74, 6) is -0.367. The summed E-state index contributed by atoms with van der Waals surface area (Å²) in [6.45, 7) is 11.2. The summed E-state index contributed by atoms with van der Waals surface area (Å²) in [6.07, 6.45) is -0.0371. The van der Waals surface area contributed by atoms with Gasteiger partial charge in [-0.1, -0.05) is 27.7 Å². The maximum absolute atomic E-state index is 12.9. The number of carbonyl (C=O) groups is 1. The van der Waals surface area contributed by atoms with Crippen molar-refractivity contribution in [2.45, 2.75) is 69.6 Å². The third-order valence-corrected chi connectivity index (χ3v) is 8.08. The molecule has 30 heavy (non-hydrogen) atoms. The lowest BCUT2D eigenvalue weighted by Crippen LogP contribution is -2.16. The minimum Gasteiger partial charge on any atom is -0.385 e. The highest BCUT2D eigenvalue weighted by molar-refractivity contribution is 7.93. The van der Waals surface area contributed by atoms with Gasteiger partial charge in [0.1, 0.15) is 4.21 Å². The Morgan fingerprint density at radius 3 is 2.17 bits per heavy atom. The summed E-state index contributed by atoms with van der Waals surface area (Å²) >= 11 is 1.08. The molecule has 1 atom stereocenters. The highest BCUT2D eigenvalue weighted by Crippen LogP contribution is 2.32. The molecule has 1 heterocycles. The van der Waals surface area contributed by atoms with Crippen molar-refractivity contribution in [1.29, 1.82) is 5.26 Å². The zero-order valence-electron chi connectivity index (χ0n) is 18.2. The van der Waals surface area contributed by atoms with E-state index in [9.17, 15) is 19.4 Å². The van der Waals surface area contributed by atoms with Crippen LogP contribution in [-0.2, 0) is 26.7 Å². The van der Waals surface area contributed by atoms with Gasteiger partial charge in [0.15, 0.2) is 9.92 Å². The van der Waals surface area contributed by atoms with Crippen LogP contribution in [0, 0.1) is 11.3 Å². The second-order valence-corrected chi connectivity index (χ2v) is 11.6. The van der Waals surface area contributed by atoms with Crippen LogP contribution >= 0.6 is 11.3 Å². The largest absolute Gasteiger partial charge is 0.385 e. The molecular weight excluding hydrogens is 418 g/mol. The first kappa shape index (κ1) is 24.2.